The van der Waals surface area contributed by atoms with Crippen LogP contribution in [0, 0.1) is 0 Å². The van der Waals surface area contributed by atoms with Crippen LogP contribution in [0.5, 0.6) is 0 Å². The molecule has 0 saturated carbocycles. The summed E-state index contributed by atoms with van der Waals surface area (Å²) in [5.41, 5.74) is -2.89. The molecule has 1 saturated heterocycles. The molecule has 0 radical (unpaired) electrons. The molecule has 5 nitrogen and oxygen atoms in total. The van der Waals surface area contributed by atoms with Crippen LogP contribution in [0.1, 0.15) is 22.3 Å². The SMILES string of the molecule is I.OC(Cc1ccccc1)[C@H]1OC(CP)[C@@](O)(Cc2ccccc2)[C@](O)(Cc2ccccc2)[C@]1(O)Cc1ccccc1. The number of aliphatic hydroxyl groups excluding tert-OH is 1. The number of aliphatic hydroxyl groups is 4. The van der Waals surface area contributed by atoms with Gasteiger partial charge in [-0.05, 0) is 28.4 Å². The Morgan fingerprint density at radius 2 is 0.976 bits per heavy atom. The normalized spacial score (nSPS) is 28.0. The number of ether oxygens (including phenoxy) is 1. The molecule has 1 aliphatic rings. The van der Waals surface area contributed by atoms with E-state index >= 15 is 0 Å². The number of benzene rings is 4. The Morgan fingerprint density at radius 1 is 0.595 bits per heavy atom. The Balaban J connectivity index is 0.00000405. The summed E-state index contributed by atoms with van der Waals surface area (Å²) in [6.45, 7) is 0. The van der Waals surface area contributed by atoms with Gasteiger partial charge in [-0.15, -0.1) is 33.2 Å². The van der Waals surface area contributed by atoms with E-state index in [1.807, 2.05) is 121 Å². The van der Waals surface area contributed by atoms with E-state index in [1.54, 1.807) is 0 Å². The Labute approximate surface area is 267 Å². The van der Waals surface area contributed by atoms with Gasteiger partial charge in [0, 0.05) is 25.7 Å². The van der Waals surface area contributed by atoms with Crippen LogP contribution in [0.3, 0.4) is 0 Å². The molecule has 222 valence electrons. The van der Waals surface area contributed by atoms with Crippen LogP contribution in [-0.4, -0.2) is 61.7 Å². The highest BCUT2D eigenvalue weighted by molar-refractivity contribution is 14.0. The second-order valence-electron chi connectivity index (χ2n) is 11.2. The van der Waals surface area contributed by atoms with Crippen LogP contribution in [0.25, 0.3) is 0 Å². The fourth-order valence-corrected chi connectivity index (χ4v) is 6.92. The van der Waals surface area contributed by atoms with Gasteiger partial charge in [-0.1, -0.05) is 121 Å². The first-order valence-corrected chi connectivity index (χ1v) is 15.0. The lowest BCUT2D eigenvalue weighted by atomic mass is 9.57. The third-order valence-corrected chi connectivity index (χ3v) is 8.96. The predicted octanol–water partition coefficient (Wildman–Crippen LogP) is 4.77. The van der Waals surface area contributed by atoms with Gasteiger partial charge in [-0.2, -0.15) is 0 Å². The van der Waals surface area contributed by atoms with Crippen molar-refractivity contribution in [3.8, 4) is 0 Å². The van der Waals surface area contributed by atoms with Crippen molar-refractivity contribution in [1.29, 1.82) is 0 Å². The second-order valence-corrected chi connectivity index (χ2v) is 11.7. The number of hydrogen-bond donors (Lipinski definition) is 4. The maximum atomic E-state index is 13.1. The van der Waals surface area contributed by atoms with Crippen molar-refractivity contribution in [2.45, 2.75) is 60.8 Å². The molecule has 0 aromatic heterocycles. The van der Waals surface area contributed by atoms with Gasteiger partial charge in [0.25, 0.3) is 0 Å². The van der Waals surface area contributed by atoms with Crippen molar-refractivity contribution in [3.05, 3.63) is 144 Å². The van der Waals surface area contributed by atoms with Gasteiger partial charge < -0.3 is 25.2 Å². The molecule has 1 aliphatic heterocycles. The Hall–Kier alpha value is -2.16. The molecule has 5 rings (SSSR count). The first-order valence-electron chi connectivity index (χ1n) is 14.2. The van der Waals surface area contributed by atoms with Crippen molar-refractivity contribution in [1.82, 2.24) is 0 Å². The highest BCUT2D eigenvalue weighted by atomic mass is 127. The van der Waals surface area contributed by atoms with Crippen LogP contribution in [-0.2, 0) is 30.4 Å². The summed E-state index contributed by atoms with van der Waals surface area (Å²) >= 11 is 0. The number of halogens is 1. The molecule has 4 aromatic rings. The molecule has 3 unspecified atom stereocenters. The second kappa shape index (κ2) is 14.1. The van der Waals surface area contributed by atoms with E-state index in [4.69, 9.17) is 4.74 Å². The van der Waals surface area contributed by atoms with Gasteiger partial charge in [0.05, 0.1) is 12.2 Å². The molecule has 0 bridgehead atoms. The number of hydrogen-bond acceptors (Lipinski definition) is 5. The Morgan fingerprint density at radius 3 is 1.40 bits per heavy atom. The minimum atomic E-state index is -2.12. The van der Waals surface area contributed by atoms with Crippen molar-refractivity contribution >= 4 is 33.2 Å². The Kier molecular flexibility index (Phi) is 11.0. The van der Waals surface area contributed by atoms with Gasteiger partial charge in [-0.25, -0.2) is 0 Å². The lowest BCUT2D eigenvalue weighted by Crippen LogP contribution is -2.83. The summed E-state index contributed by atoms with van der Waals surface area (Å²) in [6, 6.07) is 37.8. The minimum absolute atomic E-state index is 0. The zero-order valence-corrected chi connectivity index (χ0v) is 27.0. The van der Waals surface area contributed by atoms with E-state index in [9.17, 15) is 20.4 Å². The molecule has 1 fully saturated rings. The molecule has 4 N–H and O–H groups in total. The lowest BCUT2D eigenvalue weighted by Gasteiger charge is -2.62. The highest BCUT2D eigenvalue weighted by Crippen LogP contribution is 2.51. The van der Waals surface area contributed by atoms with E-state index in [0.29, 0.717) is 0 Å². The molecule has 0 aliphatic carbocycles. The largest absolute Gasteiger partial charge is 0.390 e. The topological polar surface area (TPSA) is 90.2 Å². The molecule has 7 heteroatoms. The molecular weight excluding hydrogens is 658 g/mol. The maximum absolute atomic E-state index is 13.1. The van der Waals surface area contributed by atoms with Crippen molar-refractivity contribution < 1.29 is 25.2 Å². The highest BCUT2D eigenvalue weighted by Gasteiger charge is 2.71. The molecule has 0 spiro atoms. The van der Waals surface area contributed by atoms with Gasteiger partial charge >= 0.3 is 0 Å². The zero-order valence-electron chi connectivity index (χ0n) is 23.5. The molecule has 7 atom stereocenters. The molecular formula is C35H40IO5P. The van der Waals surface area contributed by atoms with E-state index in [2.05, 4.69) is 9.24 Å². The minimum Gasteiger partial charge on any atom is -0.390 e. The third kappa shape index (κ3) is 6.51. The molecule has 0 amide bonds. The van der Waals surface area contributed by atoms with Crippen LogP contribution < -0.4 is 0 Å². The molecule has 4 aromatic carbocycles. The van der Waals surface area contributed by atoms with Gasteiger partial charge in [0.15, 0.2) is 0 Å². The summed E-state index contributed by atoms with van der Waals surface area (Å²) in [5, 5.41) is 50.5. The van der Waals surface area contributed by atoms with E-state index in [-0.39, 0.29) is 55.8 Å². The summed E-state index contributed by atoms with van der Waals surface area (Å²) in [7, 11) is 2.62. The average molecular weight is 699 g/mol. The van der Waals surface area contributed by atoms with Crippen LogP contribution >= 0.6 is 33.2 Å². The third-order valence-electron chi connectivity index (χ3n) is 8.53. The van der Waals surface area contributed by atoms with E-state index in [1.165, 1.54) is 0 Å². The number of rotatable bonds is 10. The van der Waals surface area contributed by atoms with E-state index in [0.717, 1.165) is 22.3 Å². The summed E-state index contributed by atoms with van der Waals surface area (Å²) in [4.78, 5) is 0. The monoisotopic (exact) mass is 698 g/mol. The lowest BCUT2D eigenvalue weighted by molar-refractivity contribution is -0.361. The fourth-order valence-electron chi connectivity index (χ4n) is 6.42. The first-order chi connectivity index (χ1) is 19.8. The molecule has 42 heavy (non-hydrogen) atoms. The van der Waals surface area contributed by atoms with Crippen LogP contribution in [0.4, 0.5) is 0 Å². The van der Waals surface area contributed by atoms with Gasteiger partial charge in [-0.3, -0.25) is 0 Å². The standard InChI is InChI=1S/C35H39O5P.HI/c36-30(21-26-13-5-1-6-14-26)32-34(38,23-28-17-9-3-10-18-28)35(39,24-29-19-11-4-12-20-29)33(37,31(25-41)40-32)22-27-15-7-2-8-16-27;/h1-20,30-32,36-39H,21-25,41H2;1H/t30?,31?,32-,33+,34+,35-;/m1./s1. The summed E-state index contributed by atoms with van der Waals surface area (Å²) in [5.74, 6) is 0. The smallest absolute Gasteiger partial charge is 0.132 e. The van der Waals surface area contributed by atoms with Crippen molar-refractivity contribution in [2.24, 2.45) is 0 Å². The van der Waals surface area contributed by atoms with Crippen molar-refractivity contribution in [3.63, 3.8) is 0 Å². The van der Waals surface area contributed by atoms with Gasteiger partial charge in [0.1, 0.15) is 22.9 Å². The summed E-state index contributed by atoms with van der Waals surface area (Å²) < 4.78 is 6.55. The quantitative estimate of drug-likeness (QED) is 0.142. The van der Waals surface area contributed by atoms with Crippen LogP contribution in [0.2, 0.25) is 0 Å². The Bertz CT molecular complexity index is 1380. The zero-order chi connectivity index (χ0) is 28.9. The first kappa shape index (κ1) is 32.7. The molecule has 1 heterocycles. The van der Waals surface area contributed by atoms with Crippen LogP contribution in [0.15, 0.2) is 121 Å². The maximum Gasteiger partial charge on any atom is 0.132 e. The predicted molar refractivity (Wildman–Crippen MR) is 180 cm³/mol. The van der Waals surface area contributed by atoms with E-state index < -0.39 is 35.1 Å². The van der Waals surface area contributed by atoms with Crippen molar-refractivity contribution in [2.75, 3.05) is 6.16 Å². The van der Waals surface area contributed by atoms with Gasteiger partial charge in [0.2, 0.25) is 0 Å². The summed E-state index contributed by atoms with van der Waals surface area (Å²) in [6.07, 6.45) is -2.77. The average Bonchev–Trinajstić information content (AvgIpc) is 2.98. The fraction of sp³-hybridized carbons (Fsp3) is 0.314.